The van der Waals surface area contributed by atoms with E-state index in [0.717, 1.165) is 37.9 Å². The largest absolute Gasteiger partial charge is 0.356 e. The van der Waals surface area contributed by atoms with Crippen LogP contribution >= 0.6 is 11.3 Å². The van der Waals surface area contributed by atoms with Crippen molar-refractivity contribution >= 4 is 17.2 Å². The zero-order valence-corrected chi connectivity index (χ0v) is 16.7. The average molecular weight is 359 g/mol. The lowest BCUT2D eigenvalue weighted by Crippen LogP contribution is -2.24. The first kappa shape index (κ1) is 19.6. The molecular formula is C21H30N2OS. The number of amides is 1. The van der Waals surface area contributed by atoms with Gasteiger partial charge >= 0.3 is 0 Å². The number of carbonyl (C=O) groups is 1. The van der Waals surface area contributed by atoms with Crippen LogP contribution in [0.15, 0.2) is 29.6 Å². The molecule has 1 N–H and O–H groups in total. The Bertz CT molecular complexity index is 668. The fraction of sp³-hybridized carbons (Fsp3) is 0.524. The molecule has 0 saturated carbocycles. The number of unbranched alkanes of at least 4 members (excludes halogenated alkanes) is 1. The predicted molar refractivity (Wildman–Crippen MR) is 106 cm³/mol. The van der Waals surface area contributed by atoms with E-state index in [9.17, 15) is 4.79 Å². The summed E-state index contributed by atoms with van der Waals surface area (Å²) < 4.78 is 0. The van der Waals surface area contributed by atoms with Crippen molar-refractivity contribution in [2.24, 2.45) is 0 Å². The highest BCUT2D eigenvalue weighted by Gasteiger charge is 2.12. The van der Waals surface area contributed by atoms with E-state index < -0.39 is 0 Å². The van der Waals surface area contributed by atoms with Gasteiger partial charge in [0.05, 0.1) is 5.01 Å². The Labute approximate surface area is 155 Å². The number of hydrogen-bond donors (Lipinski definition) is 1. The van der Waals surface area contributed by atoms with Crippen molar-refractivity contribution < 1.29 is 4.79 Å². The molecule has 0 fully saturated rings. The SMILES string of the molecule is Cc1csc(CCCCNC(=O)CCc2ccc(C(C)(C)C)cc2)n1. The smallest absolute Gasteiger partial charge is 0.220 e. The molecule has 1 aromatic carbocycles. The van der Waals surface area contributed by atoms with Gasteiger partial charge in [0.1, 0.15) is 0 Å². The molecule has 0 aliphatic rings. The van der Waals surface area contributed by atoms with Gasteiger partial charge in [-0.2, -0.15) is 0 Å². The van der Waals surface area contributed by atoms with Crippen molar-refractivity contribution in [2.75, 3.05) is 6.54 Å². The molecule has 25 heavy (non-hydrogen) atoms. The molecule has 0 atom stereocenters. The van der Waals surface area contributed by atoms with Crippen LogP contribution in [-0.4, -0.2) is 17.4 Å². The van der Waals surface area contributed by atoms with E-state index >= 15 is 0 Å². The maximum absolute atomic E-state index is 12.0. The van der Waals surface area contributed by atoms with E-state index in [-0.39, 0.29) is 11.3 Å². The third-order valence-electron chi connectivity index (χ3n) is 4.27. The molecule has 136 valence electrons. The molecule has 0 spiro atoms. The molecule has 0 aliphatic heterocycles. The minimum Gasteiger partial charge on any atom is -0.356 e. The van der Waals surface area contributed by atoms with Crippen LogP contribution < -0.4 is 5.32 Å². The predicted octanol–water partition coefficient (Wildman–Crippen LogP) is 4.82. The Hall–Kier alpha value is -1.68. The first-order valence-corrected chi connectivity index (χ1v) is 10.00. The van der Waals surface area contributed by atoms with Crippen LogP contribution in [0, 0.1) is 6.92 Å². The van der Waals surface area contributed by atoms with Gasteiger partial charge in [-0.3, -0.25) is 4.79 Å². The quantitative estimate of drug-likeness (QED) is 0.687. The second-order valence-corrected chi connectivity index (χ2v) is 8.58. The Morgan fingerprint density at radius 1 is 1.12 bits per heavy atom. The zero-order chi connectivity index (χ0) is 18.3. The van der Waals surface area contributed by atoms with E-state index in [0.29, 0.717) is 6.42 Å². The van der Waals surface area contributed by atoms with E-state index in [1.54, 1.807) is 11.3 Å². The fourth-order valence-electron chi connectivity index (χ4n) is 2.66. The Morgan fingerprint density at radius 3 is 2.44 bits per heavy atom. The summed E-state index contributed by atoms with van der Waals surface area (Å²) in [7, 11) is 0. The molecule has 0 bridgehead atoms. The second-order valence-electron chi connectivity index (χ2n) is 7.64. The van der Waals surface area contributed by atoms with Crippen molar-refractivity contribution in [1.29, 1.82) is 0 Å². The van der Waals surface area contributed by atoms with Gasteiger partial charge in [-0.1, -0.05) is 45.0 Å². The van der Waals surface area contributed by atoms with E-state index in [4.69, 9.17) is 0 Å². The van der Waals surface area contributed by atoms with Crippen LogP contribution in [-0.2, 0) is 23.1 Å². The molecule has 1 aromatic heterocycles. The number of benzene rings is 1. The summed E-state index contributed by atoms with van der Waals surface area (Å²) in [6.07, 6.45) is 4.44. The summed E-state index contributed by atoms with van der Waals surface area (Å²) in [6.45, 7) is 9.42. The summed E-state index contributed by atoms with van der Waals surface area (Å²) in [5.41, 5.74) is 3.83. The Balaban J connectivity index is 1.60. The van der Waals surface area contributed by atoms with Crippen LogP contribution in [0.25, 0.3) is 0 Å². The van der Waals surface area contributed by atoms with E-state index in [1.807, 2.05) is 6.92 Å². The van der Waals surface area contributed by atoms with E-state index in [1.165, 1.54) is 16.1 Å². The molecule has 0 saturated heterocycles. The van der Waals surface area contributed by atoms with Gasteiger partial charge in [0, 0.05) is 24.0 Å². The molecule has 2 rings (SSSR count). The van der Waals surface area contributed by atoms with Gasteiger partial charge in [-0.25, -0.2) is 4.98 Å². The average Bonchev–Trinajstić information content (AvgIpc) is 2.97. The number of aryl methyl sites for hydroxylation is 3. The van der Waals surface area contributed by atoms with Crippen LogP contribution in [0.2, 0.25) is 0 Å². The molecule has 3 nitrogen and oxygen atoms in total. The highest BCUT2D eigenvalue weighted by atomic mass is 32.1. The van der Waals surface area contributed by atoms with Crippen molar-refractivity contribution in [2.45, 2.75) is 65.2 Å². The monoisotopic (exact) mass is 358 g/mol. The summed E-state index contributed by atoms with van der Waals surface area (Å²) in [5, 5.41) is 6.31. The number of hydrogen-bond acceptors (Lipinski definition) is 3. The molecule has 4 heteroatoms. The summed E-state index contributed by atoms with van der Waals surface area (Å²) >= 11 is 1.72. The van der Waals surface area contributed by atoms with Gasteiger partial charge in [-0.05, 0) is 49.1 Å². The number of nitrogens with zero attached hydrogens (tertiary/aromatic N) is 1. The van der Waals surface area contributed by atoms with Crippen molar-refractivity contribution in [1.82, 2.24) is 10.3 Å². The number of rotatable bonds is 8. The normalized spacial score (nSPS) is 11.5. The van der Waals surface area contributed by atoms with Crippen molar-refractivity contribution in [3.8, 4) is 0 Å². The minimum atomic E-state index is 0.144. The lowest BCUT2D eigenvalue weighted by atomic mass is 9.86. The minimum absolute atomic E-state index is 0.144. The van der Waals surface area contributed by atoms with Gasteiger partial charge in [0.25, 0.3) is 0 Å². The maximum Gasteiger partial charge on any atom is 0.220 e. The molecular weight excluding hydrogens is 328 g/mol. The lowest BCUT2D eigenvalue weighted by molar-refractivity contribution is -0.121. The highest BCUT2D eigenvalue weighted by molar-refractivity contribution is 7.09. The Morgan fingerprint density at radius 2 is 1.84 bits per heavy atom. The molecule has 2 aromatic rings. The maximum atomic E-state index is 12.0. The highest BCUT2D eigenvalue weighted by Crippen LogP contribution is 2.22. The third kappa shape index (κ3) is 6.99. The first-order chi connectivity index (χ1) is 11.8. The topological polar surface area (TPSA) is 42.0 Å². The van der Waals surface area contributed by atoms with Gasteiger partial charge in [-0.15, -0.1) is 11.3 Å². The number of nitrogens with one attached hydrogen (secondary N) is 1. The molecule has 0 radical (unpaired) electrons. The van der Waals surface area contributed by atoms with Gasteiger partial charge in [0.2, 0.25) is 5.91 Å². The van der Waals surface area contributed by atoms with Crippen LogP contribution in [0.4, 0.5) is 0 Å². The molecule has 1 amide bonds. The third-order valence-corrected chi connectivity index (χ3v) is 5.29. The molecule has 0 aliphatic carbocycles. The fourth-order valence-corrected chi connectivity index (χ4v) is 3.48. The number of thiazole rings is 1. The number of carbonyl (C=O) groups excluding carboxylic acids is 1. The van der Waals surface area contributed by atoms with E-state index in [2.05, 4.69) is 60.7 Å². The Kier molecular flexibility index (Phi) is 7.18. The number of aromatic nitrogens is 1. The molecule has 0 unspecified atom stereocenters. The summed E-state index contributed by atoms with van der Waals surface area (Å²) in [4.78, 5) is 16.4. The standard InChI is InChI=1S/C21H30N2OS/c1-16-15-25-20(23-16)7-5-6-14-22-19(24)13-10-17-8-11-18(12-9-17)21(2,3)4/h8-9,11-12,15H,5-7,10,13-14H2,1-4H3,(H,22,24). The van der Waals surface area contributed by atoms with Gasteiger partial charge in [0.15, 0.2) is 0 Å². The van der Waals surface area contributed by atoms with Crippen LogP contribution in [0.5, 0.6) is 0 Å². The summed E-state index contributed by atoms with van der Waals surface area (Å²) in [5.74, 6) is 0.144. The van der Waals surface area contributed by atoms with Crippen LogP contribution in [0.3, 0.4) is 0 Å². The zero-order valence-electron chi connectivity index (χ0n) is 15.9. The first-order valence-electron chi connectivity index (χ1n) is 9.12. The lowest BCUT2D eigenvalue weighted by Gasteiger charge is -2.19. The van der Waals surface area contributed by atoms with Crippen molar-refractivity contribution in [3.63, 3.8) is 0 Å². The van der Waals surface area contributed by atoms with Crippen LogP contribution in [0.1, 0.15) is 61.9 Å². The second kappa shape index (κ2) is 9.14. The summed E-state index contributed by atoms with van der Waals surface area (Å²) in [6, 6.07) is 8.63. The van der Waals surface area contributed by atoms with Gasteiger partial charge < -0.3 is 5.32 Å². The van der Waals surface area contributed by atoms with Crippen molar-refractivity contribution in [3.05, 3.63) is 51.5 Å². The molecule has 1 heterocycles.